The van der Waals surface area contributed by atoms with E-state index in [2.05, 4.69) is 0 Å². The monoisotopic (exact) mass is 327 g/mol. The lowest BCUT2D eigenvalue weighted by Gasteiger charge is -2.10. The number of sulfonamides is 1. The van der Waals surface area contributed by atoms with E-state index in [-0.39, 0.29) is 4.90 Å². The molecule has 0 atom stereocenters. The molecular formula is C18H17NO3S. The molecule has 0 spiro atoms. The van der Waals surface area contributed by atoms with Crippen LogP contribution in [0.1, 0.15) is 5.56 Å². The summed E-state index contributed by atoms with van der Waals surface area (Å²) in [6, 6.07) is 20.6. The number of nitrogens with two attached hydrogens (primary N) is 1. The minimum absolute atomic E-state index is 0.155. The van der Waals surface area contributed by atoms with Crippen molar-refractivity contribution in [3.05, 3.63) is 72.3 Å². The van der Waals surface area contributed by atoms with Crippen LogP contribution in [0.15, 0.2) is 71.6 Å². The zero-order valence-electron chi connectivity index (χ0n) is 12.5. The quantitative estimate of drug-likeness (QED) is 0.783. The Kier molecular flexibility index (Phi) is 4.32. The summed E-state index contributed by atoms with van der Waals surface area (Å²) in [6.45, 7) is 0.380. The molecule has 3 aromatic rings. The van der Waals surface area contributed by atoms with Crippen molar-refractivity contribution in [3.63, 3.8) is 0 Å². The number of hydrogen-bond acceptors (Lipinski definition) is 3. The molecule has 0 aliphatic carbocycles. The van der Waals surface area contributed by atoms with Crippen molar-refractivity contribution in [2.24, 2.45) is 5.14 Å². The van der Waals surface area contributed by atoms with E-state index in [0.717, 1.165) is 16.5 Å². The molecule has 0 unspecified atom stereocenters. The third kappa shape index (κ3) is 3.70. The second kappa shape index (κ2) is 6.40. The molecular weight excluding hydrogens is 310 g/mol. The Morgan fingerprint density at radius 1 is 0.870 bits per heavy atom. The maximum atomic E-state index is 11.6. The number of primary sulfonamides is 1. The normalized spacial score (nSPS) is 11.5. The second-order valence-corrected chi connectivity index (χ2v) is 6.79. The molecule has 0 amide bonds. The summed E-state index contributed by atoms with van der Waals surface area (Å²) >= 11 is 0. The SMILES string of the molecule is NS(=O)(=O)c1ccccc1CCOc1ccc2ccccc2c1. The van der Waals surface area contributed by atoms with E-state index < -0.39 is 10.0 Å². The van der Waals surface area contributed by atoms with Gasteiger partial charge in [0.05, 0.1) is 11.5 Å². The van der Waals surface area contributed by atoms with Gasteiger partial charge in [-0.25, -0.2) is 13.6 Å². The maximum Gasteiger partial charge on any atom is 0.238 e. The topological polar surface area (TPSA) is 69.4 Å². The molecule has 118 valence electrons. The first kappa shape index (κ1) is 15.5. The van der Waals surface area contributed by atoms with Gasteiger partial charge >= 0.3 is 0 Å². The van der Waals surface area contributed by atoms with Crippen molar-refractivity contribution < 1.29 is 13.2 Å². The Labute approximate surface area is 135 Å². The summed E-state index contributed by atoms with van der Waals surface area (Å²) in [7, 11) is -3.71. The van der Waals surface area contributed by atoms with Crippen LogP contribution in [0, 0.1) is 0 Å². The highest BCUT2D eigenvalue weighted by Crippen LogP contribution is 2.21. The molecule has 0 fully saturated rings. The van der Waals surface area contributed by atoms with Crippen LogP contribution in [-0.4, -0.2) is 15.0 Å². The van der Waals surface area contributed by atoms with Crippen LogP contribution in [0.4, 0.5) is 0 Å². The highest BCUT2D eigenvalue weighted by Gasteiger charge is 2.12. The van der Waals surface area contributed by atoms with Crippen LogP contribution in [-0.2, 0) is 16.4 Å². The first-order chi connectivity index (χ1) is 11.0. The Morgan fingerprint density at radius 3 is 2.35 bits per heavy atom. The van der Waals surface area contributed by atoms with Crippen molar-refractivity contribution in [2.45, 2.75) is 11.3 Å². The Morgan fingerprint density at radius 2 is 1.57 bits per heavy atom. The molecule has 0 radical (unpaired) electrons. The van der Waals surface area contributed by atoms with E-state index in [9.17, 15) is 8.42 Å². The molecule has 0 bridgehead atoms. The van der Waals surface area contributed by atoms with Gasteiger partial charge in [-0.05, 0) is 34.5 Å². The number of hydrogen-bond donors (Lipinski definition) is 1. The van der Waals surface area contributed by atoms with Gasteiger partial charge in [0.1, 0.15) is 5.75 Å². The van der Waals surface area contributed by atoms with E-state index >= 15 is 0 Å². The van der Waals surface area contributed by atoms with Gasteiger partial charge in [0.25, 0.3) is 0 Å². The molecule has 0 aliphatic heterocycles. The predicted molar refractivity (Wildman–Crippen MR) is 91.0 cm³/mol. The van der Waals surface area contributed by atoms with Gasteiger partial charge in [0.15, 0.2) is 0 Å². The average Bonchev–Trinajstić information content (AvgIpc) is 2.54. The third-order valence-electron chi connectivity index (χ3n) is 3.64. The van der Waals surface area contributed by atoms with Gasteiger partial charge in [-0.15, -0.1) is 0 Å². The minimum atomic E-state index is -3.71. The second-order valence-electron chi connectivity index (χ2n) is 5.26. The van der Waals surface area contributed by atoms with Crippen LogP contribution in [0.3, 0.4) is 0 Å². The summed E-state index contributed by atoms with van der Waals surface area (Å²) in [4.78, 5) is 0.155. The average molecular weight is 327 g/mol. The smallest absolute Gasteiger partial charge is 0.238 e. The summed E-state index contributed by atoms with van der Waals surface area (Å²) in [5.41, 5.74) is 0.663. The fourth-order valence-electron chi connectivity index (χ4n) is 2.52. The van der Waals surface area contributed by atoms with Crippen molar-refractivity contribution >= 4 is 20.8 Å². The Bertz CT molecular complexity index is 936. The Hall–Kier alpha value is -2.37. The van der Waals surface area contributed by atoms with Gasteiger partial charge in [0.2, 0.25) is 10.0 Å². The first-order valence-corrected chi connectivity index (χ1v) is 8.81. The van der Waals surface area contributed by atoms with E-state index in [1.54, 1.807) is 18.2 Å². The highest BCUT2D eigenvalue weighted by molar-refractivity contribution is 7.89. The van der Waals surface area contributed by atoms with E-state index in [0.29, 0.717) is 18.6 Å². The number of benzene rings is 3. The standard InChI is InChI=1S/C18H17NO3S/c19-23(20,21)18-8-4-3-6-15(18)11-12-22-17-10-9-14-5-1-2-7-16(14)13-17/h1-10,13H,11-12H2,(H2,19,20,21). The predicted octanol–water partition coefficient (Wildman–Crippen LogP) is 3.11. The number of rotatable bonds is 5. The van der Waals surface area contributed by atoms with E-state index in [1.165, 1.54) is 6.07 Å². The molecule has 4 nitrogen and oxygen atoms in total. The molecule has 3 rings (SSSR count). The van der Waals surface area contributed by atoms with Crippen molar-refractivity contribution in [3.8, 4) is 5.75 Å². The van der Waals surface area contributed by atoms with Crippen LogP contribution < -0.4 is 9.88 Å². The van der Waals surface area contributed by atoms with Crippen LogP contribution in [0.2, 0.25) is 0 Å². The zero-order chi connectivity index (χ0) is 16.3. The molecule has 5 heteroatoms. The van der Waals surface area contributed by atoms with Gasteiger partial charge in [0, 0.05) is 6.42 Å². The molecule has 3 aromatic carbocycles. The van der Waals surface area contributed by atoms with Gasteiger partial charge in [-0.2, -0.15) is 0 Å². The number of fused-ring (bicyclic) bond motifs is 1. The highest BCUT2D eigenvalue weighted by atomic mass is 32.2. The van der Waals surface area contributed by atoms with Gasteiger partial charge < -0.3 is 4.74 Å². The third-order valence-corrected chi connectivity index (χ3v) is 4.65. The molecule has 0 heterocycles. The zero-order valence-corrected chi connectivity index (χ0v) is 13.3. The summed E-state index contributed by atoms with van der Waals surface area (Å²) in [6.07, 6.45) is 0.472. The lowest BCUT2D eigenvalue weighted by molar-refractivity contribution is 0.321. The first-order valence-electron chi connectivity index (χ1n) is 7.26. The van der Waals surface area contributed by atoms with Gasteiger partial charge in [-0.3, -0.25) is 0 Å². The summed E-state index contributed by atoms with van der Waals surface area (Å²) in [5.74, 6) is 0.761. The lowest BCUT2D eigenvalue weighted by Crippen LogP contribution is -2.15. The van der Waals surface area contributed by atoms with Crippen LogP contribution in [0.5, 0.6) is 5.75 Å². The van der Waals surface area contributed by atoms with Crippen LogP contribution >= 0.6 is 0 Å². The maximum absolute atomic E-state index is 11.6. The molecule has 0 saturated heterocycles. The number of ether oxygens (including phenoxy) is 1. The van der Waals surface area contributed by atoms with Crippen molar-refractivity contribution in [2.75, 3.05) is 6.61 Å². The lowest BCUT2D eigenvalue weighted by atomic mass is 10.1. The van der Waals surface area contributed by atoms with Crippen molar-refractivity contribution in [1.29, 1.82) is 0 Å². The van der Waals surface area contributed by atoms with E-state index in [1.807, 2.05) is 42.5 Å². The summed E-state index contributed by atoms with van der Waals surface area (Å²) in [5, 5.41) is 7.49. The minimum Gasteiger partial charge on any atom is -0.493 e. The molecule has 0 aromatic heterocycles. The van der Waals surface area contributed by atoms with Crippen LogP contribution in [0.25, 0.3) is 10.8 Å². The molecule has 23 heavy (non-hydrogen) atoms. The van der Waals surface area contributed by atoms with Crippen molar-refractivity contribution in [1.82, 2.24) is 0 Å². The molecule has 2 N–H and O–H groups in total. The van der Waals surface area contributed by atoms with E-state index in [4.69, 9.17) is 9.88 Å². The Balaban J connectivity index is 1.72. The summed E-state index contributed by atoms with van der Waals surface area (Å²) < 4.78 is 28.9. The largest absolute Gasteiger partial charge is 0.493 e. The van der Waals surface area contributed by atoms with Gasteiger partial charge in [-0.1, -0.05) is 48.5 Å². The molecule has 0 saturated carbocycles. The fraction of sp³-hybridized carbons (Fsp3) is 0.111. The fourth-order valence-corrected chi connectivity index (χ4v) is 3.33. The molecule has 0 aliphatic rings.